The fraction of sp³-hybridized carbons (Fsp3) is 0.682. The molecule has 1 saturated heterocycles. The largest absolute Gasteiger partial charge is 0.453 e. The molecule has 1 aromatic rings. The summed E-state index contributed by atoms with van der Waals surface area (Å²) in [6, 6.07) is 2.37. The zero-order valence-electron chi connectivity index (χ0n) is 17.7. The molecule has 0 bridgehead atoms. The third-order valence-corrected chi connectivity index (χ3v) is 6.28. The number of pyridine rings is 1. The predicted octanol–water partition coefficient (Wildman–Crippen LogP) is 3.97. The number of ether oxygens (including phenoxy) is 1. The van der Waals surface area contributed by atoms with Gasteiger partial charge in [0.2, 0.25) is 6.41 Å². The van der Waals surface area contributed by atoms with Gasteiger partial charge in [-0.1, -0.05) is 19.3 Å². The fourth-order valence-electron chi connectivity index (χ4n) is 4.69. The molecule has 0 radical (unpaired) electrons. The van der Waals surface area contributed by atoms with Gasteiger partial charge < -0.3 is 14.5 Å². The summed E-state index contributed by atoms with van der Waals surface area (Å²) in [4.78, 5) is 32.0. The highest BCUT2D eigenvalue weighted by Crippen LogP contribution is 2.28. The predicted molar refractivity (Wildman–Crippen MR) is 114 cm³/mol. The number of anilines is 2. The molecule has 1 aliphatic heterocycles. The molecule has 3 rings (SSSR count). The molecule has 0 spiro atoms. The van der Waals surface area contributed by atoms with Crippen LogP contribution in [0.15, 0.2) is 12.3 Å². The Morgan fingerprint density at radius 3 is 2.79 bits per heavy atom. The number of carbonyl (C=O) groups excluding carboxylic acids is 2. The van der Waals surface area contributed by atoms with E-state index in [1.165, 1.54) is 32.8 Å². The third-order valence-electron chi connectivity index (χ3n) is 6.28. The number of hydrogen-bond acceptors (Lipinski definition) is 5. The van der Waals surface area contributed by atoms with E-state index in [9.17, 15) is 9.59 Å². The van der Waals surface area contributed by atoms with Crippen LogP contribution in [0.5, 0.6) is 0 Å². The molecule has 7 heteroatoms. The molecule has 7 nitrogen and oxygen atoms in total. The smallest absolute Gasteiger partial charge is 0.411 e. The van der Waals surface area contributed by atoms with Gasteiger partial charge in [0.05, 0.1) is 19.0 Å². The van der Waals surface area contributed by atoms with Gasteiger partial charge in [0.15, 0.2) is 0 Å². The van der Waals surface area contributed by atoms with Crippen LogP contribution >= 0.6 is 0 Å². The Hall–Kier alpha value is -2.31. The Morgan fingerprint density at radius 2 is 2.10 bits per heavy atom. The lowest BCUT2D eigenvalue weighted by molar-refractivity contribution is -0.121. The minimum atomic E-state index is -0.491. The van der Waals surface area contributed by atoms with Crippen molar-refractivity contribution in [1.29, 1.82) is 0 Å². The maximum Gasteiger partial charge on any atom is 0.411 e. The van der Waals surface area contributed by atoms with Crippen LogP contribution < -0.4 is 10.2 Å². The van der Waals surface area contributed by atoms with Gasteiger partial charge in [0.1, 0.15) is 5.82 Å². The van der Waals surface area contributed by atoms with E-state index in [0.717, 1.165) is 63.1 Å². The van der Waals surface area contributed by atoms with E-state index in [-0.39, 0.29) is 0 Å². The van der Waals surface area contributed by atoms with E-state index >= 15 is 0 Å². The second-order valence-corrected chi connectivity index (χ2v) is 8.36. The Balaban J connectivity index is 1.56. The summed E-state index contributed by atoms with van der Waals surface area (Å²) < 4.78 is 4.64. The summed E-state index contributed by atoms with van der Waals surface area (Å²) in [6.45, 7) is 4.84. The quantitative estimate of drug-likeness (QED) is 0.699. The first-order valence-corrected chi connectivity index (χ1v) is 10.9. The van der Waals surface area contributed by atoms with Crippen LogP contribution in [-0.2, 0) is 9.53 Å². The molecule has 160 valence electrons. The molecule has 2 fully saturated rings. The van der Waals surface area contributed by atoms with Crippen molar-refractivity contribution in [2.24, 2.45) is 5.92 Å². The van der Waals surface area contributed by atoms with Gasteiger partial charge in [-0.3, -0.25) is 10.1 Å². The number of rotatable bonds is 7. The molecule has 1 atom stereocenters. The molecule has 1 aromatic heterocycles. The van der Waals surface area contributed by atoms with Crippen LogP contribution in [0.3, 0.4) is 0 Å². The van der Waals surface area contributed by atoms with Gasteiger partial charge in [0, 0.05) is 25.7 Å². The molecule has 1 unspecified atom stereocenters. The van der Waals surface area contributed by atoms with Gasteiger partial charge in [0.25, 0.3) is 0 Å². The average molecular weight is 403 g/mol. The van der Waals surface area contributed by atoms with Crippen molar-refractivity contribution < 1.29 is 14.3 Å². The van der Waals surface area contributed by atoms with Gasteiger partial charge in [-0.05, 0) is 56.6 Å². The normalized spacial score (nSPS) is 20.2. The molecule has 29 heavy (non-hydrogen) atoms. The van der Waals surface area contributed by atoms with E-state index in [0.29, 0.717) is 17.6 Å². The summed E-state index contributed by atoms with van der Waals surface area (Å²) in [7, 11) is 1.35. The first-order chi connectivity index (χ1) is 14.1. The van der Waals surface area contributed by atoms with Crippen LogP contribution in [-0.4, -0.2) is 55.2 Å². The lowest BCUT2D eigenvalue weighted by atomic mass is 9.92. The Morgan fingerprint density at radius 1 is 1.31 bits per heavy atom. The van der Waals surface area contributed by atoms with E-state index in [1.807, 2.05) is 13.0 Å². The van der Waals surface area contributed by atoms with Crippen molar-refractivity contribution >= 4 is 24.0 Å². The topological polar surface area (TPSA) is 74.8 Å². The summed E-state index contributed by atoms with van der Waals surface area (Å²) in [5, 5.41) is 2.66. The highest BCUT2D eigenvalue weighted by molar-refractivity contribution is 5.84. The molecule has 1 N–H and O–H groups in total. The number of amides is 2. The highest BCUT2D eigenvalue weighted by Gasteiger charge is 2.25. The molecule has 2 amide bonds. The molecule has 1 aliphatic carbocycles. The van der Waals surface area contributed by atoms with Gasteiger partial charge >= 0.3 is 6.09 Å². The minimum absolute atomic E-state index is 0.444. The zero-order chi connectivity index (χ0) is 20.6. The summed E-state index contributed by atoms with van der Waals surface area (Å²) >= 11 is 0. The van der Waals surface area contributed by atoms with Crippen molar-refractivity contribution in [1.82, 2.24) is 9.88 Å². The van der Waals surface area contributed by atoms with E-state index < -0.39 is 6.09 Å². The van der Waals surface area contributed by atoms with Crippen LogP contribution in [0, 0.1) is 12.8 Å². The Kier molecular flexibility index (Phi) is 7.72. The number of nitrogens with zero attached hydrogens (tertiary/aromatic N) is 3. The first kappa shape index (κ1) is 21.4. The third kappa shape index (κ3) is 5.84. The standard InChI is InChI=1S/C22H34N4O3/c1-17-13-19(24-22(28)29-2)14-23-21(17)25-11-6-7-18(15-25)10-12-26(16-27)20-8-4-3-5-9-20/h13-14,16,18,20H,3-12,15H2,1-2H3,(H,24,28). The molecular formula is C22H34N4O3. The molecular weight excluding hydrogens is 368 g/mol. The van der Waals surface area contributed by atoms with E-state index in [1.54, 1.807) is 6.20 Å². The van der Waals surface area contributed by atoms with Crippen molar-refractivity contribution in [3.05, 3.63) is 17.8 Å². The van der Waals surface area contributed by atoms with E-state index in [4.69, 9.17) is 0 Å². The fourth-order valence-corrected chi connectivity index (χ4v) is 4.69. The Bertz CT molecular complexity index is 691. The van der Waals surface area contributed by atoms with Gasteiger partial charge in [-0.25, -0.2) is 9.78 Å². The number of piperidine rings is 1. The first-order valence-electron chi connectivity index (χ1n) is 10.9. The van der Waals surface area contributed by atoms with Crippen molar-refractivity contribution in [2.75, 3.05) is 37.0 Å². The Labute approximate surface area is 173 Å². The summed E-state index contributed by atoms with van der Waals surface area (Å²) in [6.07, 6.45) is 11.8. The number of hydrogen-bond donors (Lipinski definition) is 1. The van der Waals surface area contributed by atoms with Gasteiger partial charge in [-0.15, -0.1) is 0 Å². The number of aromatic nitrogens is 1. The molecule has 2 heterocycles. The highest BCUT2D eigenvalue weighted by atomic mass is 16.5. The van der Waals surface area contributed by atoms with Crippen LogP contribution in [0.2, 0.25) is 0 Å². The van der Waals surface area contributed by atoms with Crippen LogP contribution in [0.4, 0.5) is 16.3 Å². The summed E-state index contributed by atoms with van der Waals surface area (Å²) in [5.74, 6) is 1.55. The second kappa shape index (κ2) is 10.5. The molecule has 0 aromatic carbocycles. The van der Waals surface area contributed by atoms with E-state index in [2.05, 4.69) is 24.8 Å². The second-order valence-electron chi connectivity index (χ2n) is 8.36. The van der Waals surface area contributed by atoms with Crippen LogP contribution in [0.25, 0.3) is 0 Å². The summed E-state index contributed by atoms with van der Waals surface area (Å²) in [5.41, 5.74) is 1.68. The number of aryl methyl sites for hydroxylation is 1. The number of methoxy groups -OCH3 is 1. The molecule has 2 aliphatic rings. The molecule has 1 saturated carbocycles. The zero-order valence-corrected chi connectivity index (χ0v) is 17.7. The number of nitrogens with one attached hydrogen (secondary N) is 1. The maximum absolute atomic E-state index is 11.6. The van der Waals surface area contributed by atoms with Crippen LogP contribution in [0.1, 0.15) is 56.9 Å². The van der Waals surface area contributed by atoms with Crippen molar-refractivity contribution in [3.63, 3.8) is 0 Å². The van der Waals surface area contributed by atoms with Gasteiger partial charge in [-0.2, -0.15) is 0 Å². The minimum Gasteiger partial charge on any atom is -0.453 e. The lowest BCUT2D eigenvalue weighted by Crippen LogP contribution is -2.40. The maximum atomic E-state index is 11.6. The van der Waals surface area contributed by atoms with Crippen molar-refractivity contribution in [3.8, 4) is 0 Å². The average Bonchev–Trinajstić information content (AvgIpc) is 2.75. The SMILES string of the molecule is COC(=O)Nc1cnc(N2CCCC(CCN(C=O)C3CCCCC3)C2)c(C)c1. The number of carbonyl (C=O) groups is 2. The monoisotopic (exact) mass is 402 g/mol. The van der Waals surface area contributed by atoms with Crippen molar-refractivity contribution in [2.45, 2.75) is 64.3 Å². The lowest BCUT2D eigenvalue weighted by Gasteiger charge is -2.36.